The van der Waals surface area contributed by atoms with Crippen molar-refractivity contribution in [1.82, 2.24) is 9.88 Å². The first kappa shape index (κ1) is 16.6. The van der Waals surface area contributed by atoms with E-state index in [0.29, 0.717) is 6.54 Å². The zero-order valence-electron chi connectivity index (χ0n) is 11.7. The molecule has 9 heteroatoms. The number of hydrogen-bond acceptors (Lipinski definition) is 5. The van der Waals surface area contributed by atoms with Gasteiger partial charge < -0.3 is 19.7 Å². The van der Waals surface area contributed by atoms with Gasteiger partial charge in [0, 0.05) is 26.3 Å². The maximum atomic E-state index is 12.0. The quantitative estimate of drug-likeness (QED) is 0.536. The Bertz CT molecular complexity index is 539. The minimum absolute atomic E-state index is 0.00429. The molecular formula is C12H17N3O6. The normalized spacial score (nSPS) is 11.9. The number of aryl methyl sites for hydroxylation is 1. The van der Waals surface area contributed by atoms with Gasteiger partial charge in [-0.3, -0.25) is 19.7 Å². The molecule has 0 bridgehead atoms. The number of nitrogens with zero attached hydrogens (tertiary/aromatic N) is 2. The van der Waals surface area contributed by atoms with Gasteiger partial charge in [-0.2, -0.15) is 0 Å². The van der Waals surface area contributed by atoms with Crippen LogP contribution >= 0.6 is 0 Å². The Morgan fingerprint density at radius 1 is 1.57 bits per heavy atom. The van der Waals surface area contributed by atoms with Crippen LogP contribution in [-0.2, 0) is 16.1 Å². The van der Waals surface area contributed by atoms with Crippen LogP contribution in [-0.4, -0.2) is 46.2 Å². The van der Waals surface area contributed by atoms with Gasteiger partial charge in [0.1, 0.15) is 5.69 Å². The molecule has 0 radical (unpaired) electrons. The van der Waals surface area contributed by atoms with Crippen molar-refractivity contribution in [3.05, 3.63) is 28.1 Å². The number of amides is 1. The third kappa shape index (κ3) is 4.56. The van der Waals surface area contributed by atoms with Crippen LogP contribution in [0.4, 0.5) is 5.69 Å². The SMILES string of the molecule is CCn1cc([N+](=O)[O-])cc1C(=O)NCC(CC(=O)O)OC. The van der Waals surface area contributed by atoms with E-state index in [2.05, 4.69) is 5.32 Å². The number of nitro groups is 1. The molecule has 0 saturated carbocycles. The molecule has 1 rings (SSSR count). The first-order chi connectivity index (χ1) is 9.88. The zero-order valence-corrected chi connectivity index (χ0v) is 11.7. The summed E-state index contributed by atoms with van der Waals surface area (Å²) in [5.41, 5.74) is -0.0230. The average Bonchev–Trinajstić information content (AvgIpc) is 2.87. The minimum atomic E-state index is -1.04. The van der Waals surface area contributed by atoms with Crippen LogP contribution in [0.3, 0.4) is 0 Å². The summed E-state index contributed by atoms with van der Waals surface area (Å²) in [6, 6.07) is 1.18. The third-order valence-corrected chi connectivity index (χ3v) is 2.89. The number of aromatic nitrogens is 1. The number of nitrogens with one attached hydrogen (secondary N) is 1. The van der Waals surface area contributed by atoms with Gasteiger partial charge >= 0.3 is 5.97 Å². The van der Waals surface area contributed by atoms with Crippen molar-refractivity contribution in [2.45, 2.75) is 26.0 Å². The Labute approximate surface area is 120 Å². The highest BCUT2D eigenvalue weighted by molar-refractivity contribution is 5.93. The molecule has 21 heavy (non-hydrogen) atoms. The number of aliphatic carboxylic acids is 1. The standard InChI is InChI=1S/C12H17N3O6/c1-3-14-7-8(15(19)20)4-10(14)12(18)13-6-9(21-2)5-11(16)17/h4,7,9H,3,5-6H2,1-2H3,(H,13,18)(H,16,17). The molecule has 0 fully saturated rings. The van der Waals surface area contributed by atoms with Crippen molar-refractivity contribution in [1.29, 1.82) is 0 Å². The smallest absolute Gasteiger partial charge is 0.306 e. The number of carbonyl (C=O) groups excluding carboxylic acids is 1. The minimum Gasteiger partial charge on any atom is -0.481 e. The van der Waals surface area contributed by atoms with Crippen molar-refractivity contribution in [2.24, 2.45) is 0 Å². The lowest BCUT2D eigenvalue weighted by molar-refractivity contribution is -0.384. The van der Waals surface area contributed by atoms with Crippen LogP contribution in [0.15, 0.2) is 12.3 Å². The Morgan fingerprint density at radius 3 is 2.71 bits per heavy atom. The molecule has 1 heterocycles. The molecule has 1 aromatic heterocycles. The summed E-state index contributed by atoms with van der Waals surface area (Å²) in [7, 11) is 1.35. The fraction of sp³-hybridized carbons (Fsp3) is 0.500. The highest BCUT2D eigenvalue weighted by Crippen LogP contribution is 2.16. The molecule has 0 aliphatic heterocycles. The van der Waals surface area contributed by atoms with E-state index in [-0.39, 0.29) is 24.3 Å². The number of methoxy groups -OCH3 is 1. The van der Waals surface area contributed by atoms with Crippen molar-refractivity contribution in [3.63, 3.8) is 0 Å². The van der Waals surface area contributed by atoms with Crippen LogP contribution in [0.25, 0.3) is 0 Å². The second kappa shape index (κ2) is 7.39. The highest BCUT2D eigenvalue weighted by atomic mass is 16.6. The van der Waals surface area contributed by atoms with Gasteiger partial charge in [0.05, 0.1) is 23.6 Å². The molecule has 116 valence electrons. The van der Waals surface area contributed by atoms with Crippen molar-refractivity contribution < 1.29 is 24.4 Å². The predicted octanol–water partition coefficient (Wildman–Crippen LogP) is 0.636. The lowest BCUT2D eigenvalue weighted by Gasteiger charge is -2.14. The first-order valence-corrected chi connectivity index (χ1v) is 6.26. The van der Waals surface area contributed by atoms with E-state index in [1.54, 1.807) is 6.92 Å². The van der Waals surface area contributed by atoms with Crippen LogP contribution < -0.4 is 5.32 Å². The summed E-state index contributed by atoms with van der Waals surface area (Å²) in [5.74, 6) is -1.55. The molecule has 2 N–H and O–H groups in total. The number of rotatable bonds is 8. The molecule has 0 spiro atoms. The fourth-order valence-corrected chi connectivity index (χ4v) is 1.78. The average molecular weight is 299 g/mol. The molecule has 0 aliphatic rings. The Kier molecular flexibility index (Phi) is 5.85. The predicted molar refractivity (Wildman–Crippen MR) is 72.1 cm³/mol. The summed E-state index contributed by atoms with van der Waals surface area (Å²) >= 11 is 0. The number of carbonyl (C=O) groups is 2. The number of hydrogen-bond donors (Lipinski definition) is 2. The van der Waals surface area contributed by atoms with Gasteiger partial charge in [-0.1, -0.05) is 0 Å². The Balaban J connectivity index is 2.75. The third-order valence-electron chi connectivity index (χ3n) is 2.89. The van der Waals surface area contributed by atoms with Gasteiger partial charge in [-0.15, -0.1) is 0 Å². The Hall–Kier alpha value is -2.42. The second-order valence-electron chi connectivity index (χ2n) is 4.29. The first-order valence-electron chi connectivity index (χ1n) is 6.26. The molecule has 0 aliphatic carbocycles. The van der Waals surface area contributed by atoms with Gasteiger partial charge in [-0.05, 0) is 6.92 Å². The van der Waals surface area contributed by atoms with E-state index in [9.17, 15) is 19.7 Å². The van der Waals surface area contributed by atoms with Crippen molar-refractivity contribution in [3.8, 4) is 0 Å². The van der Waals surface area contributed by atoms with Gasteiger partial charge in [0.15, 0.2) is 0 Å². The van der Waals surface area contributed by atoms with Crippen LogP contribution in [0, 0.1) is 10.1 Å². The number of carboxylic acids is 1. The van der Waals surface area contributed by atoms with Crippen LogP contribution in [0.5, 0.6) is 0 Å². The lowest BCUT2D eigenvalue weighted by atomic mass is 10.2. The van der Waals surface area contributed by atoms with E-state index in [1.807, 2.05) is 0 Å². The maximum Gasteiger partial charge on any atom is 0.306 e. The molecular weight excluding hydrogens is 282 g/mol. The molecule has 1 atom stereocenters. The van der Waals surface area contributed by atoms with Gasteiger partial charge in [0.2, 0.25) is 0 Å². The van der Waals surface area contributed by atoms with E-state index in [0.717, 1.165) is 0 Å². The summed E-state index contributed by atoms with van der Waals surface area (Å²) in [6.45, 7) is 2.16. The highest BCUT2D eigenvalue weighted by Gasteiger charge is 2.20. The monoisotopic (exact) mass is 299 g/mol. The number of carboxylic acid groups (broad SMARTS) is 1. The molecule has 0 saturated heterocycles. The molecule has 0 aromatic carbocycles. The molecule has 1 amide bonds. The summed E-state index contributed by atoms with van der Waals surface area (Å²) < 4.78 is 6.39. The maximum absolute atomic E-state index is 12.0. The summed E-state index contributed by atoms with van der Waals surface area (Å²) in [6.07, 6.45) is 0.373. The van der Waals surface area contributed by atoms with Crippen molar-refractivity contribution >= 4 is 17.6 Å². The van der Waals surface area contributed by atoms with E-state index in [1.165, 1.54) is 23.9 Å². The fourth-order valence-electron chi connectivity index (χ4n) is 1.78. The summed E-state index contributed by atoms with van der Waals surface area (Å²) in [5, 5.41) is 21.9. The van der Waals surface area contributed by atoms with E-state index < -0.39 is 22.9 Å². The van der Waals surface area contributed by atoms with Crippen molar-refractivity contribution in [2.75, 3.05) is 13.7 Å². The van der Waals surface area contributed by atoms with E-state index >= 15 is 0 Å². The van der Waals surface area contributed by atoms with Gasteiger partial charge in [0.25, 0.3) is 11.6 Å². The van der Waals surface area contributed by atoms with Crippen LogP contribution in [0.1, 0.15) is 23.8 Å². The van der Waals surface area contributed by atoms with Crippen LogP contribution in [0.2, 0.25) is 0 Å². The molecule has 1 unspecified atom stereocenters. The zero-order chi connectivity index (χ0) is 16.0. The topological polar surface area (TPSA) is 124 Å². The Morgan fingerprint density at radius 2 is 2.24 bits per heavy atom. The number of ether oxygens (including phenoxy) is 1. The van der Waals surface area contributed by atoms with E-state index in [4.69, 9.17) is 9.84 Å². The molecule has 9 nitrogen and oxygen atoms in total. The largest absolute Gasteiger partial charge is 0.481 e. The van der Waals surface area contributed by atoms with Gasteiger partial charge in [-0.25, -0.2) is 0 Å². The lowest BCUT2D eigenvalue weighted by Crippen LogP contribution is -2.35. The summed E-state index contributed by atoms with van der Waals surface area (Å²) in [4.78, 5) is 32.7. The second-order valence-corrected chi connectivity index (χ2v) is 4.29. The molecule has 1 aromatic rings.